The Labute approximate surface area is 151 Å². The van der Waals surface area contributed by atoms with Crippen LogP contribution < -0.4 is 4.74 Å². The zero-order valence-electron chi connectivity index (χ0n) is 14.5. The van der Waals surface area contributed by atoms with Crippen molar-refractivity contribution in [1.82, 2.24) is 0 Å². The Bertz CT molecular complexity index is 944. The molecule has 26 heavy (non-hydrogen) atoms. The molecule has 0 aromatic heterocycles. The largest absolute Gasteiger partial charge is 0.496 e. The normalized spacial score (nSPS) is 10.4. The maximum absolute atomic E-state index is 12.5. The van der Waals surface area contributed by atoms with Gasteiger partial charge < -0.3 is 14.2 Å². The number of hydrogen-bond acceptors (Lipinski definition) is 5. The van der Waals surface area contributed by atoms with Crippen LogP contribution in [0.2, 0.25) is 0 Å². The molecule has 0 fully saturated rings. The summed E-state index contributed by atoms with van der Waals surface area (Å²) in [6.45, 7) is 0.0935. The van der Waals surface area contributed by atoms with Crippen LogP contribution >= 0.6 is 0 Å². The molecule has 0 amide bonds. The smallest absolute Gasteiger partial charge is 0.342 e. The van der Waals surface area contributed by atoms with Crippen LogP contribution in [0.15, 0.2) is 60.7 Å². The van der Waals surface area contributed by atoms with Gasteiger partial charge in [0.2, 0.25) is 0 Å². The van der Waals surface area contributed by atoms with Crippen molar-refractivity contribution < 1.29 is 23.8 Å². The lowest BCUT2D eigenvalue weighted by Gasteiger charge is -2.11. The number of ether oxygens (including phenoxy) is 3. The highest BCUT2D eigenvalue weighted by Gasteiger charge is 2.15. The fourth-order valence-corrected chi connectivity index (χ4v) is 2.63. The topological polar surface area (TPSA) is 61.8 Å². The van der Waals surface area contributed by atoms with Gasteiger partial charge in [0.1, 0.15) is 17.9 Å². The fraction of sp³-hybridized carbons (Fsp3) is 0.143. The highest BCUT2D eigenvalue weighted by molar-refractivity contribution is 5.98. The van der Waals surface area contributed by atoms with E-state index in [1.54, 1.807) is 30.3 Å². The van der Waals surface area contributed by atoms with Gasteiger partial charge >= 0.3 is 11.9 Å². The van der Waals surface area contributed by atoms with Gasteiger partial charge in [-0.15, -0.1) is 0 Å². The average molecular weight is 350 g/mol. The SMILES string of the molecule is COC(=O)c1ccc(COC(=O)c2cc3ccccc3cc2OC)cc1. The van der Waals surface area contributed by atoms with Gasteiger partial charge in [0.25, 0.3) is 0 Å². The molecule has 0 radical (unpaired) electrons. The summed E-state index contributed by atoms with van der Waals surface area (Å²) in [7, 11) is 2.85. The maximum Gasteiger partial charge on any atom is 0.342 e. The molecule has 0 atom stereocenters. The van der Waals surface area contributed by atoms with Crippen molar-refractivity contribution in [3.8, 4) is 5.75 Å². The molecule has 0 aliphatic carbocycles. The van der Waals surface area contributed by atoms with Gasteiger partial charge in [0.05, 0.1) is 19.8 Å². The Kier molecular flexibility index (Phi) is 5.17. The molecule has 5 nitrogen and oxygen atoms in total. The van der Waals surface area contributed by atoms with Gasteiger partial charge in [-0.3, -0.25) is 0 Å². The van der Waals surface area contributed by atoms with E-state index in [4.69, 9.17) is 9.47 Å². The van der Waals surface area contributed by atoms with E-state index in [9.17, 15) is 9.59 Å². The van der Waals surface area contributed by atoms with E-state index in [-0.39, 0.29) is 6.61 Å². The summed E-state index contributed by atoms with van der Waals surface area (Å²) in [6.07, 6.45) is 0. The average Bonchev–Trinajstić information content (AvgIpc) is 2.70. The van der Waals surface area contributed by atoms with Crippen molar-refractivity contribution in [2.45, 2.75) is 6.61 Å². The number of rotatable bonds is 5. The number of carbonyl (C=O) groups is 2. The fourth-order valence-electron chi connectivity index (χ4n) is 2.63. The van der Waals surface area contributed by atoms with Crippen LogP contribution in [-0.4, -0.2) is 26.2 Å². The molecule has 5 heteroatoms. The monoisotopic (exact) mass is 350 g/mol. The maximum atomic E-state index is 12.5. The van der Waals surface area contributed by atoms with Crippen molar-refractivity contribution >= 4 is 22.7 Å². The van der Waals surface area contributed by atoms with E-state index >= 15 is 0 Å². The Balaban J connectivity index is 1.75. The molecule has 0 heterocycles. The van der Waals surface area contributed by atoms with Gasteiger partial charge in [-0.05, 0) is 40.6 Å². The molecular weight excluding hydrogens is 332 g/mol. The van der Waals surface area contributed by atoms with Crippen LogP contribution in [0.5, 0.6) is 5.75 Å². The molecule has 0 bridgehead atoms. The molecule has 0 spiro atoms. The van der Waals surface area contributed by atoms with Crippen LogP contribution in [0.1, 0.15) is 26.3 Å². The second kappa shape index (κ2) is 7.70. The summed E-state index contributed by atoms with van der Waals surface area (Å²) in [4.78, 5) is 23.9. The molecule has 0 N–H and O–H groups in total. The molecule has 132 valence electrons. The molecular formula is C21H18O5. The van der Waals surface area contributed by atoms with Crippen molar-refractivity contribution in [2.24, 2.45) is 0 Å². The number of methoxy groups -OCH3 is 2. The number of benzene rings is 3. The third-order valence-electron chi connectivity index (χ3n) is 4.03. The Morgan fingerprint density at radius 2 is 1.50 bits per heavy atom. The molecule has 0 aliphatic heterocycles. The summed E-state index contributed by atoms with van der Waals surface area (Å²) in [5.41, 5.74) is 1.59. The van der Waals surface area contributed by atoms with E-state index in [1.807, 2.05) is 30.3 Å². The number of fused-ring (bicyclic) bond motifs is 1. The van der Waals surface area contributed by atoms with Gasteiger partial charge in [0.15, 0.2) is 0 Å². The van der Waals surface area contributed by atoms with Gasteiger partial charge in [-0.1, -0.05) is 36.4 Å². The van der Waals surface area contributed by atoms with Crippen molar-refractivity contribution in [2.75, 3.05) is 14.2 Å². The Hall–Kier alpha value is -3.34. The van der Waals surface area contributed by atoms with Crippen LogP contribution in [0.25, 0.3) is 10.8 Å². The minimum atomic E-state index is -0.468. The minimum absolute atomic E-state index is 0.0935. The molecule has 0 saturated carbocycles. The summed E-state index contributed by atoms with van der Waals surface area (Å²) < 4.78 is 15.4. The summed E-state index contributed by atoms with van der Waals surface area (Å²) in [6, 6.07) is 18.0. The van der Waals surface area contributed by atoms with Crippen LogP contribution in [0, 0.1) is 0 Å². The first-order chi connectivity index (χ1) is 12.6. The second-order valence-corrected chi connectivity index (χ2v) is 5.66. The van der Waals surface area contributed by atoms with Crippen molar-refractivity contribution in [3.05, 3.63) is 77.4 Å². The zero-order valence-corrected chi connectivity index (χ0v) is 14.5. The highest BCUT2D eigenvalue weighted by atomic mass is 16.5. The molecule has 3 rings (SSSR count). The van der Waals surface area contributed by atoms with E-state index in [1.165, 1.54) is 14.2 Å². The highest BCUT2D eigenvalue weighted by Crippen LogP contribution is 2.26. The summed E-state index contributed by atoms with van der Waals surface area (Å²) in [5, 5.41) is 1.92. The Morgan fingerprint density at radius 3 is 2.12 bits per heavy atom. The lowest BCUT2D eigenvalue weighted by atomic mass is 10.1. The molecule has 0 aliphatic rings. The van der Waals surface area contributed by atoms with E-state index in [0.29, 0.717) is 16.9 Å². The first kappa shape index (κ1) is 17.5. The first-order valence-corrected chi connectivity index (χ1v) is 8.03. The summed E-state index contributed by atoms with van der Waals surface area (Å²) >= 11 is 0. The summed E-state index contributed by atoms with van der Waals surface area (Å²) in [5.74, 6) is -0.408. The molecule has 0 saturated heterocycles. The van der Waals surface area contributed by atoms with Gasteiger partial charge in [-0.25, -0.2) is 9.59 Å². The number of hydrogen-bond donors (Lipinski definition) is 0. The standard InChI is InChI=1S/C21H18O5/c1-24-19-12-17-6-4-3-5-16(17)11-18(19)21(23)26-13-14-7-9-15(10-8-14)20(22)25-2/h3-12H,13H2,1-2H3. The van der Waals surface area contributed by atoms with Crippen LogP contribution in [-0.2, 0) is 16.1 Å². The Morgan fingerprint density at radius 1 is 0.846 bits per heavy atom. The zero-order chi connectivity index (χ0) is 18.5. The van der Waals surface area contributed by atoms with Crippen molar-refractivity contribution in [3.63, 3.8) is 0 Å². The molecule has 3 aromatic rings. The van der Waals surface area contributed by atoms with E-state index in [2.05, 4.69) is 4.74 Å². The molecule has 3 aromatic carbocycles. The van der Waals surface area contributed by atoms with Gasteiger partial charge in [0, 0.05) is 0 Å². The quantitative estimate of drug-likeness (QED) is 0.651. The predicted molar refractivity (Wildman–Crippen MR) is 97.4 cm³/mol. The third kappa shape index (κ3) is 3.67. The predicted octanol–water partition coefficient (Wildman–Crippen LogP) is 3.99. The third-order valence-corrected chi connectivity index (χ3v) is 4.03. The van der Waals surface area contributed by atoms with Crippen LogP contribution in [0.4, 0.5) is 0 Å². The van der Waals surface area contributed by atoms with Gasteiger partial charge in [-0.2, -0.15) is 0 Å². The first-order valence-electron chi connectivity index (χ1n) is 8.03. The lowest BCUT2D eigenvalue weighted by Crippen LogP contribution is -2.08. The number of carbonyl (C=O) groups excluding carboxylic acids is 2. The molecule has 0 unspecified atom stereocenters. The lowest BCUT2D eigenvalue weighted by molar-refractivity contribution is 0.0468. The van der Waals surface area contributed by atoms with Crippen molar-refractivity contribution in [1.29, 1.82) is 0 Å². The van der Waals surface area contributed by atoms with E-state index < -0.39 is 11.9 Å². The minimum Gasteiger partial charge on any atom is -0.496 e. The van der Waals surface area contributed by atoms with Crippen LogP contribution in [0.3, 0.4) is 0 Å². The number of esters is 2. The second-order valence-electron chi connectivity index (χ2n) is 5.66. The van der Waals surface area contributed by atoms with E-state index in [0.717, 1.165) is 16.3 Å².